The molecule has 2 aromatic rings. The van der Waals surface area contributed by atoms with E-state index in [4.69, 9.17) is 9.47 Å². The molecule has 1 heterocycles. The van der Waals surface area contributed by atoms with E-state index in [1.165, 1.54) is 0 Å². The number of hydrogen-bond acceptors (Lipinski definition) is 5. The SMILES string of the molecule is COc1cc(CN[C@@H](C(=O)O)C(C)C)ccc1OCc1ccncc1. The zero-order chi connectivity index (χ0) is 18.2. The van der Waals surface area contributed by atoms with Crippen molar-refractivity contribution in [2.45, 2.75) is 33.0 Å². The molecule has 2 N–H and O–H groups in total. The lowest BCUT2D eigenvalue weighted by atomic mass is 10.0. The molecule has 6 nitrogen and oxygen atoms in total. The van der Waals surface area contributed by atoms with Crippen LogP contribution in [0.2, 0.25) is 0 Å². The van der Waals surface area contributed by atoms with Gasteiger partial charge in [0.2, 0.25) is 0 Å². The summed E-state index contributed by atoms with van der Waals surface area (Å²) in [5, 5.41) is 12.3. The number of ether oxygens (including phenoxy) is 2. The lowest BCUT2D eigenvalue weighted by Gasteiger charge is -2.18. The molecule has 1 atom stereocenters. The molecule has 0 saturated heterocycles. The quantitative estimate of drug-likeness (QED) is 0.728. The van der Waals surface area contributed by atoms with E-state index < -0.39 is 12.0 Å². The Labute approximate surface area is 147 Å². The van der Waals surface area contributed by atoms with Gasteiger partial charge in [0.05, 0.1) is 7.11 Å². The molecule has 2 rings (SSSR count). The molecule has 0 amide bonds. The van der Waals surface area contributed by atoms with Gasteiger partial charge < -0.3 is 19.9 Å². The van der Waals surface area contributed by atoms with E-state index in [1.807, 2.05) is 44.2 Å². The maximum atomic E-state index is 11.2. The number of benzene rings is 1. The van der Waals surface area contributed by atoms with Gasteiger partial charge >= 0.3 is 5.97 Å². The number of pyridine rings is 1. The Hall–Kier alpha value is -2.60. The highest BCUT2D eigenvalue weighted by Gasteiger charge is 2.20. The van der Waals surface area contributed by atoms with E-state index in [1.54, 1.807) is 19.5 Å². The lowest BCUT2D eigenvalue weighted by molar-refractivity contribution is -0.140. The first-order chi connectivity index (χ1) is 12.0. The Morgan fingerprint density at radius 1 is 1.16 bits per heavy atom. The molecule has 0 unspecified atom stereocenters. The second-order valence-electron chi connectivity index (χ2n) is 6.07. The third-order valence-electron chi connectivity index (χ3n) is 3.83. The van der Waals surface area contributed by atoms with Crippen molar-refractivity contribution in [3.8, 4) is 11.5 Å². The maximum Gasteiger partial charge on any atom is 0.320 e. The minimum absolute atomic E-state index is 0.00219. The highest BCUT2D eigenvalue weighted by molar-refractivity contribution is 5.73. The molecular weight excluding hydrogens is 320 g/mol. The molecule has 0 fully saturated rings. The molecule has 0 bridgehead atoms. The summed E-state index contributed by atoms with van der Waals surface area (Å²) >= 11 is 0. The third-order valence-corrected chi connectivity index (χ3v) is 3.83. The fourth-order valence-corrected chi connectivity index (χ4v) is 2.42. The summed E-state index contributed by atoms with van der Waals surface area (Å²) in [6.07, 6.45) is 3.44. The number of nitrogens with zero attached hydrogens (tertiary/aromatic N) is 1. The summed E-state index contributed by atoms with van der Waals surface area (Å²) in [4.78, 5) is 15.2. The number of hydrogen-bond donors (Lipinski definition) is 2. The first-order valence-electron chi connectivity index (χ1n) is 8.16. The van der Waals surface area contributed by atoms with Gasteiger partial charge in [-0.15, -0.1) is 0 Å². The summed E-state index contributed by atoms with van der Waals surface area (Å²) in [6.45, 7) is 4.62. The van der Waals surface area contributed by atoms with E-state index in [0.29, 0.717) is 24.7 Å². The molecule has 0 radical (unpaired) electrons. The molecule has 0 saturated carbocycles. The van der Waals surface area contributed by atoms with Crippen molar-refractivity contribution in [3.63, 3.8) is 0 Å². The average molecular weight is 344 g/mol. The van der Waals surface area contributed by atoms with Gasteiger partial charge in [-0.05, 0) is 41.3 Å². The molecular formula is C19H24N2O4. The summed E-state index contributed by atoms with van der Waals surface area (Å²) < 4.78 is 11.2. The highest BCUT2D eigenvalue weighted by Crippen LogP contribution is 2.29. The van der Waals surface area contributed by atoms with Crippen molar-refractivity contribution in [1.29, 1.82) is 0 Å². The van der Waals surface area contributed by atoms with Gasteiger partial charge in [0.15, 0.2) is 11.5 Å². The van der Waals surface area contributed by atoms with Crippen molar-refractivity contribution in [2.75, 3.05) is 7.11 Å². The third kappa shape index (κ3) is 5.46. The fraction of sp³-hybridized carbons (Fsp3) is 0.368. The molecule has 0 aliphatic heterocycles. The standard InChI is InChI=1S/C19H24N2O4/c1-13(2)18(19(22)23)21-11-15-4-5-16(17(10-15)24-3)25-12-14-6-8-20-9-7-14/h4-10,13,18,21H,11-12H2,1-3H3,(H,22,23)/t18-/m1/s1. The number of aromatic nitrogens is 1. The Kier molecular flexibility index (Phi) is 6.77. The molecule has 0 aliphatic rings. The number of carboxylic acids is 1. The maximum absolute atomic E-state index is 11.2. The predicted octanol–water partition coefficient (Wildman–Crippen LogP) is 2.87. The topological polar surface area (TPSA) is 80.7 Å². The Morgan fingerprint density at radius 2 is 1.88 bits per heavy atom. The Morgan fingerprint density at radius 3 is 2.48 bits per heavy atom. The van der Waals surface area contributed by atoms with Crippen LogP contribution in [0.5, 0.6) is 11.5 Å². The first kappa shape index (κ1) is 18.7. The normalized spacial score (nSPS) is 12.0. The van der Waals surface area contributed by atoms with Crippen molar-refractivity contribution in [3.05, 3.63) is 53.9 Å². The monoisotopic (exact) mass is 344 g/mol. The minimum Gasteiger partial charge on any atom is -0.493 e. The van der Waals surface area contributed by atoms with Gasteiger partial charge in [-0.25, -0.2) is 0 Å². The van der Waals surface area contributed by atoms with Gasteiger partial charge in [-0.2, -0.15) is 0 Å². The van der Waals surface area contributed by atoms with Crippen LogP contribution in [0.3, 0.4) is 0 Å². The lowest BCUT2D eigenvalue weighted by Crippen LogP contribution is -2.40. The number of methoxy groups -OCH3 is 1. The van der Waals surface area contributed by atoms with Gasteiger partial charge in [0.1, 0.15) is 12.6 Å². The molecule has 134 valence electrons. The highest BCUT2D eigenvalue weighted by atomic mass is 16.5. The fourth-order valence-electron chi connectivity index (χ4n) is 2.42. The van der Waals surface area contributed by atoms with E-state index in [9.17, 15) is 9.90 Å². The summed E-state index contributed by atoms with van der Waals surface area (Å²) in [6, 6.07) is 8.78. The largest absolute Gasteiger partial charge is 0.493 e. The Bertz CT molecular complexity index is 689. The van der Waals surface area contributed by atoms with Crippen LogP contribution in [0.25, 0.3) is 0 Å². The second kappa shape index (κ2) is 9.03. The van der Waals surface area contributed by atoms with Crippen LogP contribution in [0.15, 0.2) is 42.7 Å². The molecule has 1 aromatic heterocycles. The van der Waals surface area contributed by atoms with E-state index in [-0.39, 0.29) is 5.92 Å². The predicted molar refractivity (Wildman–Crippen MR) is 94.7 cm³/mol. The zero-order valence-corrected chi connectivity index (χ0v) is 14.7. The van der Waals surface area contributed by atoms with Crippen molar-refractivity contribution in [2.24, 2.45) is 5.92 Å². The number of aliphatic carboxylic acids is 1. The van der Waals surface area contributed by atoms with Crippen LogP contribution >= 0.6 is 0 Å². The molecule has 25 heavy (non-hydrogen) atoms. The van der Waals surface area contributed by atoms with Crippen molar-refractivity contribution < 1.29 is 19.4 Å². The minimum atomic E-state index is -0.848. The second-order valence-corrected chi connectivity index (χ2v) is 6.07. The van der Waals surface area contributed by atoms with Crippen LogP contribution in [-0.4, -0.2) is 29.2 Å². The summed E-state index contributed by atoms with van der Waals surface area (Å²) in [5.41, 5.74) is 1.95. The van der Waals surface area contributed by atoms with Crippen LogP contribution in [0.1, 0.15) is 25.0 Å². The van der Waals surface area contributed by atoms with Crippen LogP contribution in [-0.2, 0) is 17.9 Å². The Balaban J connectivity index is 2.02. The van der Waals surface area contributed by atoms with Gasteiger partial charge in [0.25, 0.3) is 0 Å². The van der Waals surface area contributed by atoms with E-state index >= 15 is 0 Å². The molecule has 0 spiro atoms. The average Bonchev–Trinajstić information content (AvgIpc) is 2.60. The van der Waals surface area contributed by atoms with Crippen LogP contribution in [0.4, 0.5) is 0 Å². The molecule has 6 heteroatoms. The molecule has 1 aromatic carbocycles. The van der Waals surface area contributed by atoms with Gasteiger partial charge in [0, 0.05) is 18.9 Å². The first-order valence-corrected chi connectivity index (χ1v) is 8.16. The number of carboxylic acid groups (broad SMARTS) is 1. The summed E-state index contributed by atoms with van der Waals surface area (Å²) in [5.74, 6) is 0.410. The van der Waals surface area contributed by atoms with E-state index in [0.717, 1.165) is 11.1 Å². The molecule has 0 aliphatic carbocycles. The van der Waals surface area contributed by atoms with Crippen molar-refractivity contribution >= 4 is 5.97 Å². The number of nitrogens with one attached hydrogen (secondary N) is 1. The number of carbonyl (C=O) groups is 1. The smallest absolute Gasteiger partial charge is 0.320 e. The van der Waals surface area contributed by atoms with Crippen molar-refractivity contribution in [1.82, 2.24) is 10.3 Å². The van der Waals surface area contributed by atoms with Crippen LogP contribution in [0, 0.1) is 5.92 Å². The zero-order valence-electron chi connectivity index (χ0n) is 14.7. The van der Waals surface area contributed by atoms with Gasteiger partial charge in [-0.3, -0.25) is 9.78 Å². The summed E-state index contributed by atoms with van der Waals surface area (Å²) in [7, 11) is 1.58. The van der Waals surface area contributed by atoms with Gasteiger partial charge in [-0.1, -0.05) is 19.9 Å². The number of rotatable bonds is 9. The van der Waals surface area contributed by atoms with Crippen LogP contribution < -0.4 is 14.8 Å². The van der Waals surface area contributed by atoms with E-state index in [2.05, 4.69) is 10.3 Å².